The molecule has 0 spiro atoms. The fourth-order valence-corrected chi connectivity index (χ4v) is 7.63. The van der Waals surface area contributed by atoms with E-state index in [4.69, 9.17) is 0 Å². The molecule has 0 saturated carbocycles. The Kier molecular flexibility index (Phi) is 9.21. The third-order valence-electron chi connectivity index (χ3n) is 10.8. The summed E-state index contributed by atoms with van der Waals surface area (Å²) in [7, 11) is 0. The highest BCUT2D eigenvalue weighted by atomic mass is 14.4. The third-order valence-corrected chi connectivity index (χ3v) is 10.8. The van der Waals surface area contributed by atoms with Gasteiger partial charge in [-0.3, -0.25) is 0 Å². The predicted octanol–water partition coefficient (Wildman–Crippen LogP) is 14.0. The van der Waals surface area contributed by atoms with Crippen LogP contribution in [0.25, 0.3) is 44.5 Å². The molecule has 0 atom stereocenters. The minimum absolute atomic E-state index is 0.588. The van der Waals surface area contributed by atoms with Gasteiger partial charge in [0.25, 0.3) is 0 Å². The minimum atomic E-state index is -0.588. The molecule has 0 bridgehead atoms. The first-order valence-corrected chi connectivity index (χ1v) is 18.6. The summed E-state index contributed by atoms with van der Waals surface area (Å²) >= 11 is 0. The van der Waals surface area contributed by atoms with Crippen LogP contribution in [0.3, 0.4) is 0 Å². The molecule has 0 N–H and O–H groups in total. The molecular weight excluding hydrogens is 637 g/mol. The molecule has 8 aromatic rings. The fourth-order valence-electron chi connectivity index (χ4n) is 7.63. The van der Waals surface area contributed by atoms with Crippen LogP contribution in [-0.4, -0.2) is 0 Å². The van der Waals surface area contributed by atoms with Crippen LogP contribution in [0.2, 0.25) is 0 Å². The van der Waals surface area contributed by atoms with Crippen LogP contribution in [0.4, 0.5) is 0 Å². The molecule has 0 aliphatic heterocycles. The van der Waals surface area contributed by atoms with E-state index in [-0.39, 0.29) is 0 Å². The molecule has 0 amide bonds. The highest BCUT2D eigenvalue weighted by molar-refractivity contribution is 5.72. The summed E-state index contributed by atoms with van der Waals surface area (Å²) in [6.07, 6.45) is 0. The van der Waals surface area contributed by atoms with E-state index in [2.05, 4.69) is 222 Å². The number of benzene rings is 8. The molecule has 0 heterocycles. The zero-order valence-electron chi connectivity index (χ0n) is 31.0. The van der Waals surface area contributed by atoms with E-state index in [1.54, 1.807) is 0 Å². The molecule has 0 aliphatic carbocycles. The summed E-state index contributed by atoms with van der Waals surface area (Å²) in [5.41, 5.74) is 19.1. The minimum Gasteiger partial charge on any atom is -0.0587 e. The summed E-state index contributed by atoms with van der Waals surface area (Å²) in [6, 6.07) is 72.3. The van der Waals surface area contributed by atoms with Crippen molar-refractivity contribution in [2.45, 2.75) is 33.1 Å². The Morgan fingerprint density at radius 1 is 0.189 bits per heavy atom. The van der Waals surface area contributed by atoms with E-state index in [1.165, 1.54) is 89.0 Å². The molecule has 0 radical (unpaired) electrons. The number of hydrogen-bond donors (Lipinski definition) is 0. The molecule has 53 heavy (non-hydrogen) atoms. The summed E-state index contributed by atoms with van der Waals surface area (Å²) < 4.78 is 0. The number of aryl methyl sites for hydroxylation is 4. The van der Waals surface area contributed by atoms with Gasteiger partial charge in [-0.15, -0.1) is 0 Å². The van der Waals surface area contributed by atoms with Crippen LogP contribution in [0.1, 0.15) is 44.5 Å². The lowest BCUT2D eigenvalue weighted by molar-refractivity contribution is 0.745. The summed E-state index contributed by atoms with van der Waals surface area (Å²) in [4.78, 5) is 0. The van der Waals surface area contributed by atoms with E-state index in [0.29, 0.717) is 0 Å². The van der Waals surface area contributed by atoms with Crippen molar-refractivity contribution in [1.82, 2.24) is 0 Å². The Hall–Kier alpha value is -6.24. The van der Waals surface area contributed by atoms with E-state index in [9.17, 15) is 0 Å². The molecule has 0 unspecified atom stereocenters. The summed E-state index contributed by atoms with van der Waals surface area (Å²) in [5.74, 6) is 0. The van der Waals surface area contributed by atoms with Crippen LogP contribution in [0.5, 0.6) is 0 Å². The van der Waals surface area contributed by atoms with Crippen LogP contribution in [-0.2, 0) is 5.41 Å². The predicted molar refractivity (Wildman–Crippen MR) is 225 cm³/mol. The summed E-state index contributed by atoms with van der Waals surface area (Å²) in [6.45, 7) is 8.55. The zero-order chi connectivity index (χ0) is 36.4. The smallest absolute Gasteiger partial charge is 0.0587 e. The van der Waals surface area contributed by atoms with Gasteiger partial charge in [0.2, 0.25) is 0 Å². The molecule has 256 valence electrons. The van der Waals surface area contributed by atoms with Gasteiger partial charge in [-0.05, 0) is 94.5 Å². The second-order valence-electron chi connectivity index (χ2n) is 14.5. The van der Waals surface area contributed by atoms with Crippen LogP contribution < -0.4 is 0 Å². The molecule has 0 aromatic heterocycles. The largest absolute Gasteiger partial charge is 0.0701 e. The average Bonchev–Trinajstić information content (AvgIpc) is 3.20. The molecule has 8 rings (SSSR count). The van der Waals surface area contributed by atoms with Crippen LogP contribution in [0, 0.1) is 27.7 Å². The first-order chi connectivity index (χ1) is 25.9. The standard InChI is InChI=1S/C53H44/c1-37-5-13-41(14-6-37)45-21-29-49(30-22-45)53(50-31-23-46(24-32-50)42-15-7-38(2)8-16-42,51-33-25-47(26-34-51)43-17-9-39(3)10-18-43)52-35-27-48(28-36-52)44-19-11-40(4)12-20-44/h5-36H,1-4H3. The van der Waals surface area contributed by atoms with Crippen molar-refractivity contribution >= 4 is 0 Å². The maximum Gasteiger partial charge on any atom is 0.0701 e. The van der Waals surface area contributed by atoms with Gasteiger partial charge in [0.1, 0.15) is 0 Å². The normalized spacial score (nSPS) is 11.4. The molecule has 0 nitrogen and oxygen atoms in total. The van der Waals surface area contributed by atoms with Gasteiger partial charge in [0.15, 0.2) is 0 Å². The maximum atomic E-state index is 2.34. The van der Waals surface area contributed by atoms with Gasteiger partial charge in [-0.25, -0.2) is 0 Å². The van der Waals surface area contributed by atoms with E-state index in [0.717, 1.165) is 0 Å². The van der Waals surface area contributed by atoms with E-state index < -0.39 is 5.41 Å². The van der Waals surface area contributed by atoms with Crippen molar-refractivity contribution in [1.29, 1.82) is 0 Å². The highest BCUT2D eigenvalue weighted by Crippen LogP contribution is 2.47. The van der Waals surface area contributed by atoms with E-state index in [1.807, 2.05) is 0 Å². The third kappa shape index (κ3) is 6.77. The molecule has 0 aliphatic rings. The lowest BCUT2D eigenvalue weighted by Gasteiger charge is -2.37. The summed E-state index contributed by atoms with van der Waals surface area (Å²) in [5, 5.41) is 0. The molecular formula is C53H44. The van der Waals surface area contributed by atoms with Crippen LogP contribution in [0.15, 0.2) is 194 Å². The Morgan fingerprint density at radius 2 is 0.321 bits per heavy atom. The average molecular weight is 681 g/mol. The lowest BCUT2D eigenvalue weighted by Crippen LogP contribution is -2.31. The Balaban J connectivity index is 1.33. The van der Waals surface area contributed by atoms with Crippen molar-refractivity contribution in [3.8, 4) is 44.5 Å². The Morgan fingerprint density at radius 3 is 0.472 bits per heavy atom. The molecule has 0 heteroatoms. The van der Waals surface area contributed by atoms with Crippen molar-refractivity contribution in [3.63, 3.8) is 0 Å². The van der Waals surface area contributed by atoms with Gasteiger partial charge >= 0.3 is 0 Å². The van der Waals surface area contributed by atoms with Gasteiger partial charge in [-0.1, -0.05) is 216 Å². The Bertz CT molecular complexity index is 2070. The molecule has 0 fully saturated rings. The van der Waals surface area contributed by atoms with Crippen molar-refractivity contribution in [2.24, 2.45) is 0 Å². The van der Waals surface area contributed by atoms with Gasteiger partial charge in [0.05, 0.1) is 5.41 Å². The maximum absolute atomic E-state index is 2.34. The quantitative estimate of drug-likeness (QED) is 0.140. The molecule has 8 aromatic carbocycles. The van der Waals surface area contributed by atoms with Crippen molar-refractivity contribution < 1.29 is 0 Å². The highest BCUT2D eigenvalue weighted by Gasteiger charge is 2.38. The SMILES string of the molecule is Cc1ccc(-c2ccc(C(c3ccc(-c4ccc(C)cc4)cc3)(c3ccc(-c4ccc(C)cc4)cc3)c3ccc(-c4ccc(C)cc4)cc3)cc2)cc1. The Labute approximate surface area is 315 Å². The van der Waals surface area contributed by atoms with Gasteiger partial charge in [-0.2, -0.15) is 0 Å². The fraction of sp³-hybridized carbons (Fsp3) is 0.0943. The second-order valence-corrected chi connectivity index (χ2v) is 14.5. The first-order valence-electron chi connectivity index (χ1n) is 18.6. The monoisotopic (exact) mass is 680 g/mol. The topological polar surface area (TPSA) is 0 Å². The second kappa shape index (κ2) is 14.4. The molecule has 0 saturated heterocycles. The van der Waals surface area contributed by atoms with Crippen molar-refractivity contribution in [3.05, 3.63) is 239 Å². The first kappa shape index (κ1) is 33.9. The van der Waals surface area contributed by atoms with Gasteiger partial charge < -0.3 is 0 Å². The van der Waals surface area contributed by atoms with Crippen molar-refractivity contribution in [2.75, 3.05) is 0 Å². The van der Waals surface area contributed by atoms with Crippen LogP contribution >= 0.6 is 0 Å². The van der Waals surface area contributed by atoms with Gasteiger partial charge in [0, 0.05) is 0 Å². The lowest BCUT2D eigenvalue weighted by atomic mass is 9.64. The zero-order valence-corrected chi connectivity index (χ0v) is 31.0. The van der Waals surface area contributed by atoms with E-state index >= 15 is 0 Å². The number of hydrogen-bond acceptors (Lipinski definition) is 0. The number of rotatable bonds is 8.